The molecule has 0 aromatic heterocycles. The first-order chi connectivity index (χ1) is 9.06. The molecule has 1 atom stereocenters. The number of rotatable bonds is 2. The minimum Gasteiger partial charge on any atom is -0.349 e. The van der Waals surface area contributed by atoms with Crippen LogP contribution in [0.25, 0.3) is 0 Å². The zero-order valence-electron chi connectivity index (χ0n) is 10.3. The number of anilines is 1. The first kappa shape index (κ1) is 13.4. The average Bonchev–Trinajstić information content (AvgIpc) is 2.37. The minimum atomic E-state index is -0.428. The van der Waals surface area contributed by atoms with Crippen LogP contribution in [-0.2, 0) is 9.59 Å². The molecule has 0 saturated carbocycles. The maximum absolute atomic E-state index is 11.8. The number of nitrogens with zero attached hydrogens (tertiary/aromatic N) is 2. The van der Waals surface area contributed by atoms with Gasteiger partial charge in [-0.05, 0) is 24.6 Å². The van der Waals surface area contributed by atoms with Gasteiger partial charge in [-0.1, -0.05) is 18.5 Å². The summed E-state index contributed by atoms with van der Waals surface area (Å²) in [6.45, 7) is 1.94. The number of piperazine rings is 1. The van der Waals surface area contributed by atoms with E-state index in [1.807, 2.05) is 13.0 Å². The van der Waals surface area contributed by atoms with Crippen molar-refractivity contribution in [2.24, 2.45) is 0 Å². The lowest BCUT2D eigenvalue weighted by molar-refractivity contribution is -0.132. The van der Waals surface area contributed by atoms with Gasteiger partial charge in [0.15, 0.2) is 0 Å². The molecule has 5 nitrogen and oxygen atoms in total. The van der Waals surface area contributed by atoms with Gasteiger partial charge < -0.3 is 4.90 Å². The molecule has 1 saturated heterocycles. The molecule has 1 heterocycles. The van der Waals surface area contributed by atoms with Crippen LogP contribution in [0.5, 0.6) is 0 Å². The molecule has 0 aliphatic carbocycles. The zero-order valence-corrected chi connectivity index (χ0v) is 11.1. The van der Waals surface area contributed by atoms with Crippen LogP contribution in [0.1, 0.15) is 18.9 Å². The van der Waals surface area contributed by atoms with E-state index in [4.69, 9.17) is 16.9 Å². The van der Waals surface area contributed by atoms with Gasteiger partial charge in [-0.2, -0.15) is 5.26 Å². The highest BCUT2D eigenvalue weighted by Gasteiger charge is 2.33. The smallest absolute Gasteiger partial charge is 0.249 e. The van der Waals surface area contributed by atoms with Gasteiger partial charge in [-0.3, -0.25) is 14.9 Å². The van der Waals surface area contributed by atoms with Crippen molar-refractivity contribution in [3.05, 3.63) is 28.8 Å². The first-order valence-corrected chi connectivity index (χ1v) is 6.24. The number of hydrogen-bond acceptors (Lipinski definition) is 4. The fraction of sp³-hybridized carbons (Fsp3) is 0.308. The summed E-state index contributed by atoms with van der Waals surface area (Å²) in [5.74, 6) is -0.672. The van der Waals surface area contributed by atoms with Gasteiger partial charge in [0.05, 0.1) is 28.9 Å². The molecule has 0 radical (unpaired) electrons. The number of amides is 2. The fourth-order valence-electron chi connectivity index (χ4n) is 2.13. The Kier molecular flexibility index (Phi) is 3.72. The topological polar surface area (TPSA) is 73.2 Å². The molecular formula is C13H12ClN3O2. The molecule has 1 aromatic carbocycles. The van der Waals surface area contributed by atoms with Crippen LogP contribution in [0.15, 0.2) is 18.2 Å². The van der Waals surface area contributed by atoms with E-state index in [2.05, 4.69) is 5.32 Å². The van der Waals surface area contributed by atoms with Crippen LogP contribution in [0.4, 0.5) is 5.69 Å². The van der Waals surface area contributed by atoms with Crippen molar-refractivity contribution in [3.63, 3.8) is 0 Å². The van der Waals surface area contributed by atoms with Crippen LogP contribution in [0.3, 0.4) is 0 Å². The lowest BCUT2D eigenvalue weighted by atomic mass is 10.1. The Morgan fingerprint density at radius 1 is 1.53 bits per heavy atom. The Bertz CT molecular complexity index is 580. The monoisotopic (exact) mass is 277 g/mol. The predicted octanol–water partition coefficient (Wildman–Crippen LogP) is 1.45. The molecule has 1 aromatic rings. The van der Waals surface area contributed by atoms with Crippen LogP contribution in [0, 0.1) is 11.3 Å². The number of imide groups is 1. The van der Waals surface area contributed by atoms with Crippen molar-refractivity contribution in [1.82, 2.24) is 5.32 Å². The number of benzene rings is 1. The molecule has 2 amide bonds. The molecule has 19 heavy (non-hydrogen) atoms. The standard InChI is InChI=1S/C13H12ClN3O2/c1-2-10-13(19)16-12(18)7-17(10)11-4-3-8(6-15)5-9(11)14/h3-5,10H,2,7H2,1H3,(H,16,18,19). The first-order valence-electron chi connectivity index (χ1n) is 5.86. The van der Waals surface area contributed by atoms with Crippen molar-refractivity contribution in [2.45, 2.75) is 19.4 Å². The highest BCUT2D eigenvalue weighted by molar-refractivity contribution is 6.33. The van der Waals surface area contributed by atoms with Crippen LogP contribution >= 0.6 is 11.6 Å². The van der Waals surface area contributed by atoms with Gasteiger partial charge in [0, 0.05) is 0 Å². The second kappa shape index (κ2) is 5.29. The molecule has 2 rings (SSSR count). The number of halogens is 1. The van der Waals surface area contributed by atoms with Gasteiger partial charge >= 0.3 is 0 Å². The zero-order chi connectivity index (χ0) is 14.0. The van der Waals surface area contributed by atoms with Crippen molar-refractivity contribution in [3.8, 4) is 6.07 Å². The quantitative estimate of drug-likeness (QED) is 0.831. The van der Waals surface area contributed by atoms with Gasteiger partial charge in [0.2, 0.25) is 11.8 Å². The lowest BCUT2D eigenvalue weighted by Gasteiger charge is -2.35. The normalized spacial score (nSPS) is 19.0. The van der Waals surface area contributed by atoms with Crippen LogP contribution in [-0.4, -0.2) is 24.4 Å². The fourth-order valence-corrected chi connectivity index (χ4v) is 2.42. The highest BCUT2D eigenvalue weighted by Crippen LogP contribution is 2.29. The second-order valence-corrected chi connectivity index (χ2v) is 4.65. The third-order valence-corrected chi connectivity index (χ3v) is 3.33. The molecule has 6 heteroatoms. The molecular weight excluding hydrogens is 266 g/mol. The van der Waals surface area contributed by atoms with Gasteiger partial charge in [-0.25, -0.2) is 0 Å². The van der Waals surface area contributed by atoms with E-state index < -0.39 is 6.04 Å². The Morgan fingerprint density at radius 2 is 2.26 bits per heavy atom. The SMILES string of the molecule is CCC1C(=O)NC(=O)CN1c1ccc(C#N)cc1Cl. The van der Waals surface area contributed by atoms with Gasteiger partial charge in [0.1, 0.15) is 6.04 Å². The Labute approximate surface area is 115 Å². The molecule has 1 fully saturated rings. The summed E-state index contributed by atoms with van der Waals surface area (Å²) in [7, 11) is 0. The van der Waals surface area contributed by atoms with E-state index in [0.29, 0.717) is 22.7 Å². The molecule has 1 unspecified atom stereocenters. The predicted molar refractivity (Wildman–Crippen MR) is 70.7 cm³/mol. The number of hydrogen-bond donors (Lipinski definition) is 1. The van der Waals surface area contributed by atoms with Crippen LogP contribution < -0.4 is 10.2 Å². The number of carbonyl (C=O) groups is 2. The summed E-state index contributed by atoms with van der Waals surface area (Å²) in [4.78, 5) is 24.9. The van der Waals surface area contributed by atoms with Crippen molar-refractivity contribution >= 4 is 29.1 Å². The number of nitrogens with one attached hydrogen (secondary N) is 1. The van der Waals surface area contributed by atoms with Gasteiger partial charge in [0.25, 0.3) is 0 Å². The van der Waals surface area contributed by atoms with E-state index in [0.717, 1.165) is 0 Å². The van der Waals surface area contributed by atoms with Crippen molar-refractivity contribution < 1.29 is 9.59 Å². The van der Waals surface area contributed by atoms with Gasteiger partial charge in [-0.15, -0.1) is 0 Å². The molecule has 1 aliphatic heterocycles. The maximum Gasteiger partial charge on any atom is 0.249 e. The number of carbonyl (C=O) groups excluding carboxylic acids is 2. The molecule has 0 bridgehead atoms. The van der Waals surface area contributed by atoms with E-state index in [9.17, 15) is 9.59 Å². The third kappa shape index (κ3) is 2.54. The second-order valence-electron chi connectivity index (χ2n) is 4.24. The number of nitriles is 1. The average molecular weight is 278 g/mol. The lowest BCUT2D eigenvalue weighted by Crippen LogP contribution is -2.58. The van der Waals surface area contributed by atoms with Crippen LogP contribution in [0.2, 0.25) is 5.02 Å². The highest BCUT2D eigenvalue weighted by atomic mass is 35.5. The Hall–Kier alpha value is -2.06. The summed E-state index contributed by atoms with van der Waals surface area (Å²) < 4.78 is 0. The maximum atomic E-state index is 11.8. The molecule has 1 N–H and O–H groups in total. The summed E-state index contributed by atoms with van der Waals surface area (Å²) in [6, 6.07) is 6.37. The summed E-state index contributed by atoms with van der Waals surface area (Å²) in [5, 5.41) is 11.5. The van der Waals surface area contributed by atoms with E-state index in [1.54, 1.807) is 17.0 Å². The summed E-state index contributed by atoms with van der Waals surface area (Å²) in [6.07, 6.45) is 0.565. The summed E-state index contributed by atoms with van der Waals surface area (Å²) >= 11 is 6.12. The third-order valence-electron chi connectivity index (χ3n) is 3.03. The summed E-state index contributed by atoms with van der Waals surface area (Å²) in [5.41, 5.74) is 1.03. The van der Waals surface area contributed by atoms with Crippen molar-refractivity contribution in [2.75, 3.05) is 11.4 Å². The molecule has 98 valence electrons. The minimum absolute atomic E-state index is 0.0792. The Morgan fingerprint density at radius 3 is 2.84 bits per heavy atom. The Balaban J connectivity index is 2.41. The van der Waals surface area contributed by atoms with E-state index in [1.165, 1.54) is 6.07 Å². The largest absolute Gasteiger partial charge is 0.349 e. The van der Waals surface area contributed by atoms with Crippen molar-refractivity contribution in [1.29, 1.82) is 5.26 Å². The molecule has 0 spiro atoms. The van der Waals surface area contributed by atoms with E-state index >= 15 is 0 Å². The molecule has 1 aliphatic rings. The van der Waals surface area contributed by atoms with E-state index in [-0.39, 0.29) is 18.4 Å².